The Balaban J connectivity index is 1.30. The van der Waals surface area contributed by atoms with Crippen molar-refractivity contribution >= 4 is 33.4 Å². The van der Waals surface area contributed by atoms with Crippen LogP contribution in [0, 0.1) is 0 Å². The van der Waals surface area contributed by atoms with Gasteiger partial charge >= 0.3 is 0 Å². The number of aryl methyl sites for hydroxylation is 1. The molecule has 0 aromatic heterocycles. The van der Waals surface area contributed by atoms with Crippen LogP contribution >= 0.6 is 0 Å². The fraction of sp³-hybridized carbons (Fsp3) is 0.0923. The van der Waals surface area contributed by atoms with Crippen molar-refractivity contribution in [1.29, 1.82) is 0 Å². The van der Waals surface area contributed by atoms with Crippen LogP contribution in [0.3, 0.4) is 0 Å². The lowest BCUT2D eigenvalue weighted by Gasteiger charge is -2.33. The van der Waals surface area contributed by atoms with Gasteiger partial charge in [0.2, 0.25) is 0 Å². The molecule has 312 valence electrons. The van der Waals surface area contributed by atoms with Gasteiger partial charge in [-0.05, 0) is 130 Å². The summed E-state index contributed by atoms with van der Waals surface area (Å²) in [4.78, 5) is 15.7. The van der Waals surface area contributed by atoms with Crippen LogP contribution in [-0.2, 0) is 12.8 Å². The minimum atomic E-state index is -0.380. The van der Waals surface area contributed by atoms with Crippen molar-refractivity contribution in [2.75, 3.05) is 0 Å². The van der Waals surface area contributed by atoms with E-state index in [-0.39, 0.29) is 23.5 Å². The largest absolute Gasteiger partial charge is 0.293 e. The molecule has 1 heteroatoms. The number of allylic oxidation sites excluding steroid dienone is 1. The van der Waals surface area contributed by atoms with Gasteiger partial charge in [0.15, 0.2) is 5.78 Å². The van der Waals surface area contributed by atoms with Crippen LogP contribution in [0.5, 0.6) is 0 Å². The first kappa shape index (κ1) is 38.6. The van der Waals surface area contributed by atoms with E-state index in [9.17, 15) is 0 Å². The molecule has 0 amide bonds. The maximum absolute atomic E-state index is 15.7. The average Bonchev–Trinajstić information content (AvgIpc) is 4.11. The zero-order valence-electron chi connectivity index (χ0n) is 36.6. The van der Waals surface area contributed by atoms with Crippen LogP contribution in [-0.4, -0.2) is 5.78 Å². The molecule has 10 aromatic rings. The van der Waals surface area contributed by atoms with E-state index in [1.54, 1.807) is 0 Å². The molecular weight excluding hydrogens is 797 g/mol. The first-order valence-corrected chi connectivity index (χ1v) is 23.5. The summed E-state index contributed by atoms with van der Waals surface area (Å²) >= 11 is 0. The number of rotatable bonds is 7. The zero-order chi connectivity index (χ0) is 43.7. The van der Waals surface area contributed by atoms with Gasteiger partial charge < -0.3 is 0 Å². The predicted molar refractivity (Wildman–Crippen MR) is 274 cm³/mol. The molecule has 3 atom stereocenters. The molecule has 1 nitrogen and oxygen atoms in total. The number of carbonyl (C=O) groups is 1. The van der Waals surface area contributed by atoms with E-state index in [2.05, 4.69) is 218 Å². The first-order chi connectivity index (χ1) is 32.7. The van der Waals surface area contributed by atoms with Crippen molar-refractivity contribution in [3.8, 4) is 44.5 Å². The Morgan fingerprint density at radius 1 is 0.394 bits per heavy atom. The van der Waals surface area contributed by atoms with E-state index in [1.165, 1.54) is 105 Å². The number of benzene rings is 10. The minimum Gasteiger partial charge on any atom is -0.293 e. The smallest absolute Gasteiger partial charge is 0.170 e. The predicted octanol–water partition coefficient (Wildman–Crippen LogP) is 16.4. The van der Waals surface area contributed by atoms with Gasteiger partial charge in [-0.2, -0.15) is 0 Å². The Kier molecular flexibility index (Phi) is 9.17. The number of Topliss-reactive ketones (excluding diaryl/α,β-unsaturated/α-hetero) is 1. The van der Waals surface area contributed by atoms with Crippen LogP contribution in [0.15, 0.2) is 218 Å². The van der Waals surface area contributed by atoms with Gasteiger partial charge in [0, 0.05) is 17.4 Å². The summed E-state index contributed by atoms with van der Waals surface area (Å²) in [5.74, 6) is -0.176. The van der Waals surface area contributed by atoms with E-state index >= 15 is 4.79 Å². The molecule has 0 spiro atoms. The molecule has 0 radical (unpaired) electrons. The van der Waals surface area contributed by atoms with Crippen LogP contribution in [0.4, 0.5) is 0 Å². The third-order valence-electron chi connectivity index (χ3n) is 15.0. The molecule has 3 aliphatic rings. The standard InChI is InChI=1S/C65H46O/c66-65-52-31-14-10-25-46(52)40-58(65)64-61(55-36-34-44-23-8-12-28-49(44)55)60(53-32-16-15-30-47(53)41-18-3-1-4-19-41)57-39-38-51(43-20-5-2-6-21-43)59(54-33-17-26-42-22-7-11-27-48(42)54)63(57)62(64)56-37-35-45-24-9-13-29-50(45)56/h1-34,36,38-39,55-56,58H,35,37,40H2. The fourth-order valence-electron chi connectivity index (χ4n) is 12.2. The van der Waals surface area contributed by atoms with Gasteiger partial charge in [0.25, 0.3) is 0 Å². The normalized spacial score (nSPS) is 17.0. The van der Waals surface area contributed by atoms with E-state index in [4.69, 9.17) is 0 Å². The number of hydrogen-bond donors (Lipinski definition) is 0. The molecule has 0 bridgehead atoms. The summed E-state index contributed by atoms with van der Waals surface area (Å²) < 4.78 is 0. The molecule has 0 heterocycles. The number of carbonyl (C=O) groups excluding carboxylic acids is 1. The molecule has 13 rings (SSSR count). The maximum Gasteiger partial charge on any atom is 0.170 e. The van der Waals surface area contributed by atoms with Crippen LogP contribution in [0.2, 0.25) is 0 Å². The lowest BCUT2D eigenvalue weighted by Crippen LogP contribution is -2.19. The highest BCUT2D eigenvalue weighted by atomic mass is 16.1. The van der Waals surface area contributed by atoms with Gasteiger partial charge in [0.1, 0.15) is 0 Å². The SMILES string of the molecule is O=C1c2ccccc2CC1c1c(C2C=Cc3ccccc32)c(-c2ccccc2-c2ccccc2)c2ccc(-c3ccccc3)c(-c3cccc4ccccc34)c2c1C1CCc2ccccc21. The van der Waals surface area contributed by atoms with Crippen molar-refractivity contribution in [3.63, 3.8) is 0 Å². The quantitative estimate of drug-likeness (QED) is 0.156. The van der Waals surface area contributed by atoms with Crippen LogP contribution in [0.1, 0.15) is 79.0 Å². The molecule has 0 fully saturated rings. The molecule has 10 aromatic carbocycles. The molecule has 66 heavy (non-hydrogen) atoms. The lowest BCUT2D eigenvalue weighted by molar-refractivity contribution is 0.0972. The molecule has 0 saturated carbocycles. The number of hydrogen-bond acceptors (Lipinski definition) is 1. The molecule has 0 N–H and O–H groups in total. The number of fused-ring (bicyclic) bond motifs is 5. The fourth-order valence-corrected chi connectivity index (χ4v) is 12.2. The van der Waals surface area contributed by atoms with Crippen molar-refractivity contribution in [3.05, 3.63) is 268 Å². The average molecular weight is 843 g/mol. The van der Waals surface area contributed by atoms with Crippen molar-refractivity contribution in [2.24, 2.45) is 0 Å². The summed E-state index contributed by atoms with van der Waals surface area (Å²) in [7, 11) is 0. The Labute approximate surface area is 386 Å². The second kappa shape index (κ2) is 15.7. The minimum absolute atomic E-state index is 0.0627. The van der Waals surface area contributed by atoms with E-state index in [0.717, 1.165) is 24.0 Å². The van der Waals surface area contributed by atoms with E-state index in [0.29, 0.717) is 6.42 Å². The monoisotopic (exact) mass is 842 g/mol. The summed E-state index contributed by atoms with van der Waals surface area (Å²) in [5, 5.41) is 4.90. The van der Waals surface area contributed by atoms with Crippen LogP contribution < -0.4 is 0 Å². The third kappa shape index (κ3) is 6.04. The van der Waals surface area contributed by atoms with Gasteiger partial charge in [-0.25, -0.2) is 0 Å². The van der Waals surface area contributed by atoms with Gasteiger partial charge in [-0.3, -0.25) is 4.79 Å². The first-order valence-electron chi connectivity index (χ1n) is 23.5. The maximum atomic E-state index is 15.7. The summed E-state index contributed by atoms with van der Waals surface area (Å²) in [6.45, 7) is 0. The highest BCUT2D eigenvalue weighted by Gasteiger charge is 2.42. The van der Waals surface area contributed by atoms with Crippen LogP contribution in [0.25, 0.3) is 72.1 Å². The zero-order valence-corrected chi connectivity index (χ0v) is 36.6. The molecule has 3 aliphatic carbocycles. The topological polar surface area (TPSA) is 17.1 Å². The molecular formula is C65H46O. The Morgan fingerprint density at radius 2 is 1.02 bits per heavy atom. The summed E-state index contributed by atoms with van der Waals surface area (Å²) in [6, 6.07) is 77.8. The second-order valence-electron chi connectivity index (χ2n) is 18.4. The van der Waals surface area contributed by atoms with Crippen molar-refractivity contribution in [2.45, 2.75) is 37.0 Å². The van der Waals surface area contributed by atoms with Crippen molar-refractivity contribution in [1.82, 2.24) is 0 Å². The van der Waals surface area contributed by atoms with Gasteiger partial charge in [0.05, 0.1) is 5.92 Å². The van der Waals surface area contributed by atoms with E-state index in [1.807, 2.05) is 6.07 Å². The number of ketones is 1. The second-order valence-corrected chi connectivity index (χ2v) is 18.4. The molecule has 0 aliphatic heterocycles. The Bertz CT molecular complexity index is 3590. The Hall–Kier alpha value is -7.87. The van der Waals surface area contributed by atoms with Gasteiger partial charge in [-0.1, -0.05) is 224 Å². The third-order valence-corrected chi connectivity index (χ3v) is 15.0. The highest BCUT2D eigenvalue weighted by molar-refractivity contribution is 6.18. The molecule has 0 saturated heterocycles. The summed E-state index contributed by atoms with van der Waals surface area (Å²) in [5.41, 5.74) is 20.6. The van der Waals surface area contributed by atoms with E-state index < -0.39 is 0 Å². The van der Waals surface area contributed by atoms with Gasteiger partial charge in [-0.15, -0.1) is 0 Å². The summed E-state index contributed by atoms with van der Waals surface area (Å²) in [6.07, 6.45) is 7.36. The van der Waals surface area contributed by atoms with Crippen molar-refractivity contribution < 1.29 is 4.79 Å². The Morgan fingerprint density at radius 3 is 1.82 bits per heavy atom. The lowest BCUT2D eigenvalue weighted by atomic mass is 9.69. The highest BCUT2D eigenvalue weighted by Crippen LogP contribution is 2.58. The molecule has 3 unspecified atom stereocenters.